The van der Waals surface area contributed by atoms with Crippen molar-refractivity contribution < 1.29 is 24.2 Å². The molecule has 6 heteroatoms. The number of carbonyl (C=O) groups is 1. The van der Waals surface area contributed by atoms with E-state index in [1.165, 1.54) is 14.2 Å². The Balaban J connectivity index is 2.42. The van der Waals surface area contributed by atoms with Crippen LogP contribution in [0.5, 0.6) is 0 Å². The van der Waals surface area contributed by atoms with Crippen LogP contribution in [-0.4, -0.2) is 50.0 Å². The van der Waals surface area contributed by atoms with Crippen LogP contribution in [0, 0.1) is 0 Å². The Kier molecular flexibility index (Phi) is 5.87. The maximum atomic E-state index is 10.9. The van der Waals surface area contributed by atoms with E-state index < -0.39 is 12.1 Å². The van der Waals surface area contributed by atoms with Gasteiger partial charge in [-0.3, -0.25) is 0 Å². The van der Waals surface area contributed by atoms with E-state index >= 15 is 0 Å². The predicted molar refractivity (Wildman–Crippen MR) is 64.0 cm³/mol. The van der Waals surface area contributed by atoms with Crippen molar-refractivity contribution in [2.45, 2.75) is 12.2 Å². The summed E-state index contributed by atoms with van der Waals surface area (Å²) in [6, 6.07) is 0. The number of methoxy groups -OCH3 is 1. The monoisotopic (exact) mass is 253 g/mol. The molecule has 0 saturated carbocycles. The quantitative estimate of drug-likeness (QED) is 0.430. The molecule has 0 aromatic rings. The molecule has 0 saturated heterocycles. The molecule has 1 aliphatic rings. The molecule has 0 radical (unpaired) electrons. The van der Waals surface area contributed by atoms with Gasteiger partial charge in [-0.2, -0.15) is 0 Å². The van der Waals surface area contributed by atoms with E-state index in [0.29, 0.717) is 0 Å². The van der Waals surface area contributed by atoms with E-state index in [0.717, 1.165) is 5.57 Å². The third kappa shape index (κ3) is 4.55. The highest BCUT2D eigenvalue weighted by Crippen LogP contribution is 2.09. The van der Waals surface area contributed by atoms with Crippen molar-refractivity contribution in [3.8, 4) is 0 Å². The van der Waals surface area contributed by atoms with Crippen LogP contribution in [0.2, 0.25) is 0 Å². The van der Waals surface area contributed by atoms with Gasteiger partial charge in [0.05, 0.1) is 19.8 Å². The smallest absolute Gasteiger partial charge is 0.337 e. The normalized spacial score (nSPS) is 19.1. The number of aliphatic hydroxyl groups excluding tert-OH is 1. The minimum absolute atomic E-state index is 0.128. The fourth-order valence-electron chi connectivity index (χ4n) is 1.21. The number of carbonyl (C=O) groups excluding carboxylic acids is 1. The van der Waals surface area contributed by atoms with Crippen molar-refractivity contribution in [3.63, 3.8) is 0 Å². The molecule has 1 aliphatic carbocycles. The SMILES string of the molecule is CON=C=C1C=CC(OC[C@@H](O)C(=O)OC)C=C1. The molecule has 98 valence electrons. The van der Waals surface area contributed by atoms with Gasteiger partial charge in [-0.15, -0.1) is 0 Å². The summed E-state index contributed by atoms with van der Waals surface area (Å²) in [6.45, 7) is -0.128. The fraction of sp³-hybridized carbons (Fsp3) is 0.417. The molecule has 0 aromatic carbocycles. The Morgan fingerprint density at radius 3 is 2.72 bits per heavy atom. The van der Waals surface area contributed by atoms with E-state index in [-0.39, 0.29) is 12.7 Å². The van der Waals surface area contributed by atoms with E-state index in [2.05, 4.69) is 20.6 Å². The van der Waals surface area contributed by atoms with Crippen molar-refractivity contribution in [3.05, 3.63) is 29.9 Å². The lowest BCUT2D eigenvalue weighted by molar-refractivity contribution is -0.153. The van der Waals surface area contributed by atoms with Crippen molar-refractivity contribution in [1.29, 1.82) is 0 Å². The van der Waals surface area contributed by atoms with Gasteiger partial charge in [0, 0.05) is 11.4 Å². The van der Waals surface area contributed by atoms with Gasteiger partial charge in [0.15, 0.2) is 6.10 Å². The van der Waals surface area contributed by atoms with Crippen molar-refractivity contribution in [2.75, 3.05) is 20.8 Å². The highest BCUT2D eigenvalue weighted by Gasteiger charge is 2.17. The number of ether oxygens (including phenoxy) is 2. The van der Waals surface area contributed by atoms with E-state index in [1.54, 1.807) is 24.3 Å². The van der Waals surface area contributed by atoms with Gasteiger partial charge in [0.1, 0.15) is 7.11 Å². The van der Waals surface area contributed by atoms with Gasteiger partial charge in [-0.05, 0) is 17.3 Å². The highest BCUT2D eigenvalue weighted by molar-refractivity contribution is 5.74. The average molecular weight is 253 g/mol. The second-order valence-electron chi connectivity index (χ2n) is 3.40. The maximum Gasteiger partial charge on any atom is 0.337 e. The van der Waals surface area contributed by atoms with Crippen LogP contribution in [0.4, 0.5) is 0 Å². The molecule has 0 unspecified atom stereocenters. The molecule has 0 aliphatic heterocycles. The number of nitrogens with zero attached hydrogens (tertiary/aromatic N) is 1. The van der Waals surface area contributed by atoms with Crippen LogP contribution in [0.3, 0.4) is 0 Å². The van der Waals surface area contributed by atoms with Crippen molar-refractivity contribution in [1.82, 2.24) is 0 Å². The summed E-state index contributed by atoms with van der Waals surface area (Å²) in [4.78, 5) is 15.4. The van der Waals surface area contributed by atoms with Gasteiger partial charge in [-0.25, -0.2) is 4.79 Å². The third-order valence-corrected chi connectivity index (χ3v) is 2.12. The molecule has 1 rings (SSSR count). The molecular formula is C12H15NO5. The lowest BCUT2D eigenvalue weighted by atomic mass is 10.1. The second-order valence-corrected chi connectivity index (χ2v) is 3.40. The number of esters is 1. The molecule has 0 bridgehead atoms. The van der Waals surface area contributed by atoms with Crippen LogP contribution < -0.4 is 0 Å². The van der Waals surface area contributed by atoms with E-state index in [1.807, 2.05) is 0 Å². The summed E-state index contributed by atoms with van der Waals surface area (Å²) in [6.07, 6.45) is 5.41. The van der Waals surface area contributed by atoms with Crippen LogP contribution in [0.25, 0.3) is 0 Å². The minimum atomic E-state index is -1.27. The number of allylic oxidation sites excluding steroid dienone is 3. The molecule has 0 spiro atoms. The van der Waals surface area contributed by atoms with Gasteiger partial charge in [0.25, 0.3) is 0 Å². The van der Waals surface area contributed by atoms with Gasteiger partial charge in [0.2, 0.25) is 0 Å². The Morgan fingerprint density at radius 1 is 1.50 bits per heavy atom. The number of hydrogen-bond acceptors (Lipinski definition) is 6. The topological polar surface area (TPSA) is 77.4 Å². The summed E-state index contributed by atoms with van der Waals surface area (Å²) >= 11 is 0. The molecule has 0 amide bonds. The Labute approximate surface area is 105 Å². The zero-order valence-electron chi connectivity index (χ0n) is 10.2. The summed E-state index contributed by atoms with van der Waals surface area (Å²) in [5.41, 5.74) is 0.741. The fourth-order valence-corrected chi connectivity index (χ4v) is 1.21. The lowest BCUT2D eigenvalue weighted by Gasteiger charge is -2.15. The van der Waals surface area contributed by atoms with Gasteiger partial charge < -0.3 is 19.4 Å². The molecule has 0 heterocycles. The first-order valence-corrected chi connectivity index (χ1v) is 5.27. The number of aliphatic hydroxyl groups is 1. The summed E-state index contributed by atoms with van der Waals surface area (Å²) in [5, 5.41) is 12.8. The number of hydrogen-bond donors (Lipinski definition) is 1. The average Bonchev–Trinajstić information content (AvgIpc) is 2.42. The highest BCUT2D eigenvalue weighted by atomic mass is 16.6. The van der Waals surface area contributed by atoms with Crippen LogP contribution >= 0.6 is 0 Å². The molecule has 1 N–H and O–H groups in total. The van der Waals surface area contributed by atoms with Crippen LogP contribution in [0.1, 0.15) is 0 Å². The zero-order chi connectivity index (χ0) is 13.4. The Hall–Kier alpha value is -1.88. The third-order valence-electron chi connectivity index (χ3n) is 2.12. The maximum absolute atomic E-state index is 10.9. The minimum Gasteiger partial charge on any atom is -0.467 e. The van der Waals surface area contributed by atoms with Gasteiger partial charge >= 0.3 is 5.97 Å². The standard InChI is InChI=1S/C12H15NO5/c1-16-12(15)11(14)8-18-10-5-3-9(4-6-10)7-13-17-2/h3-6,10-11,14H,8H2,1-2H3/t11-/m1/s1. The molecule has 6 nitrogen and oxygen atoms in total. The van der Waals surface area contributed by atoms with Crippen molar-refractivity contribution >= 4 is 11.8 Å². The van der Waals surface area contributed by atoms with Crippen LogP contribution in [0.15, 0.2) is 35.0 Å². The zero-order valence-corrected chi connectivity index (χ0v) is 10.2. The first-order valence-electron chi connectivity index (χ1n) is 5.27. The molecule has 1 atom stereocenters. The number of rotatable bonds is 5. The summed E-state index contributed by atoms with van der Waals surface area (Å²) < 4.78 is 9.66. The lowest BCUT2D eigenvalue weighted by Crippen LogP contribution is -2.29. The van der Waals surface area contributed by atoms with E-state index in [4.69, 9.17) is 4.74 Å². The molecule has 18 heavy (non-hydrogen) atoms. The largest absolute Gasteiger partial charge is 0.467 e. The van der Waals surface area contributed by atoms with E-state index in [9.17, 15) is 9.90 Å². The Bertz CT molecular complexity index is 391. The molecule has 0 aromatic heterocycles. The summed E-state index contributed by atoms with van der Waals surface area (Å²) in [5.74, 6) is 1.93. The predicted octanol–water partition coefficient (Wildman–Crippen LogP) is 0.189. The van der Waals surface area contributed by atoms with Crippen molar-refractivity contribution in [2.24, 2.45) is 5.16 Å². The van der Waals surface area contributed by atoms with Crippen LogP contribution in [-0.2, 0) is 19.1 Å². The molecule has 0 fully saturated rings. The van der Waals surface area contributed by atoms with Gasteiger partial charge in [-0.1, -0.05) is 12.2 Å². The first-order chi connectivity index (χ1) is 8.67. The Morgan fingerprint density at radius 2 is 2.17 bits per heavy atom. The summed E-state index contributed by atoms with van der Waals surface area (Å²) in [7, 11) is 2.64. The second kappa shape index (κ2) is 7.45. The first kappa shape index (κ1) is 14.2. The molecular weight excluding hydrogens is 238 g/mol.